The first kappa shape index (κ1) is 25.8. The molecule has 3 aromatic rings. The molecule has 1 aromatic heterocycles. The lowest BCUT2D eigenvalue weighted by atomic mass is 10.1. The van der Waals surface area contributed by atoms with Crippen molar-refractivity contribution in [1.29, 1.82) is 0 Å². The number of amides is 1. The first-order chi connectivity index (χ1) is 16.5. The number of benzene rings is 2. The summed E-state index contributed by atoms with van der Waals surface area (Å²) in [6.45, 7) is 2.83. The molecule has 1 N–H and O–H groups in total. The number of para-hydroxylation sites is 1. The normalized spacial score (nSPS) is 12.2. The first-order valence-electron chi connectivity index (χ1n) is 10.5. The largest absolute Gasteiger partial charge is 0.394 e. The fraction of sp³-hybridized carbons (Fsp3) is 0.304. The highest BCUT2D eigenvalue weighted by molar-refractivity contribution is 5.92. The number of anilines is 1. The van der Waals surface area contributed by atoms with Gasteiger partial charge in [0.1, 0.15) is 12.4 Å². The van der Waals surface area contributed by atoms with Gasteiger partial charge in [-0.15, -0.1) is 0 Å². The number of aliphatic hydroxyl groups is 1. The van der Waals surface area contributed by atoms with Crippen LogP contribution in [0.1, 0.15) is 18.2 Å². The topological polar surface area (TPSA) is 91.0 Å². The molecule has 3 rings (SSSR count). The van der Waals surface area contributed by atoms with Crippen LogP contribution in [0, 0.1) is 12.7 Å². The highest BCUT2D eigenvalue weighted by atomic mass is 19.4. The van der Waals surface area contributed by atoms with Crippen LogP contribution in [0.4, 0.5) is 23.2 Å². The highest BCUT2D eigenvalue weighted by Gasteiger charge is 2.31. The number of aliphatic hydroxyl groups excluding tert-OH is 1. The molecule has 2 aromatic carbocycles. The summed E-state index contributed by atoms with van der Waals surface area (Å²) in [6, 6.07) is 8.41. The average molecular weight is 493 g/mol. The first-order valence-corrected chi connectivity index (χ1v) is 10.5. The zero-order valence-electron chi connectivity index (χ0n) is 19.2. The fourth-order valence-corrected chi connectivity index (χ4v) is 3.57. The van der Waals surface area contributed by atoms with E-state index in [0.717, 1.165) is 26.7 Å². The number of carbonyl (C=O) groups is 1. The summed E-state index contributed by atoms with van der Waals surface area (Å²) in [4.78, 5) is 25.4. The lowest BCUT2D eigenvalue weighted by molar-refractivity contribution is -0.127. The number of aryl methyl sites for hydroxylation is 1. The van der Waals surface area contributed by atoms with Crippen molar-refractivity contribution in [3.8, 4) is 5.69 Å². The molecule has 186 valence electrons. The Bertz CT molecular complexity index is 1340. The van der Waals surface area contributed by atoms with Gasteiger partial charge in [-0.3, -0.25) is 19.5 Å². The Morgan fingerprint density at radius 2 is 1.91 bits per heavy atom. The smallest absolute Gasteiger partial charge is 0.388 e. The molecule has 0 bridgehead atoms. The summed E-state index contributed by atoms with van der Waals surface area (Å²) >= 11 is 0. The van der Waals surface area contributed by atoms with E-state index in [2.05, 4.69) is 10.2 Å². The SMILES string of the molecule is CCN(C=O)/C(CO)=N\N(C)c1cc2c(CC(F)(F)F)nn(-c3ccccc3C)c(=O)c2cc1F. The van der Waals surface area contributed by atoms with Crippen molar-refractivity contribution < 1.29 is 27.5 Å². The number of amidine groups is 1. The van der Waals surface area contributed by atoms with Crippen LogP contribution < -0.4 is 10.6 Å². The number of nitrogens with zero attached hydrogens (tertiary/aromatic N) is 5. The van der Waals surface area contributed by atoms with E-state index in [1.54, 1.807) is 32.0 Å². The Morgan fingerprint density at radius 1 is 1.23 bits per heavy atom. The molecule has 1 heterocycles. The number of rotatable bonds is 7. The number of carbonyl (C=O) groups excluding carboxylic acids is 1. The van der Waals surface area contributed by atoms with Crippen molar-refractivity contribution in [3.05, 3.63) is 63.8 Å². The van der Waals surface area contributed by atoms with Crippen molar-refractivity contribution in [1.82, 2.24) is 14.7 Å². The van der Waals surface area contributed by atoms with Gasteiger partial charge in [-0.05, 0) is 37.6 Å². The minimum Gasteiger partial charge on any atom is -0.388 e. The molecule has 35 heavy (non-hydrogen) atoms. The second-order valence-electron chi connectivity index (χ2n) is 7.68. The molecule has 0 saturated carbocycles. The van der Waals surface area contributed by atoms with Crippen molar-refractivity contribution in [2.75, 3.05) is 25.2 Å². The van der Waals surface area contributed by atoms with Gasteiger partial charge >= 0.3 is 6.18 Å². The maximum atomic E-state index is 15.1. The molecule has 0 spiro atoms. The standard InChI is InChI=1S/C23H23F4N5O3/c1-4-31(13-34)21(12-33)29-30(3)20-10-15-16(9-17(20)24)22(35)32(19-8-6-5-7-14(19)2)28-18(15)11-23(25,26)27/h5-10,13,33H,4,11-12H2,1-3H3/b29-21-. The zero-order valence-corrected chi connectivity index (χ0v) is 19.2. The number of hydrogen-bond acceptors (Lipinski definition) is 6. The third-order valence-corrected chi connectivity index (χ3v) is 5.31. The Morgan fingerprint density at radius 3 is 2.49 bits per heavy atom. The van der Waals surface area contributed by atoms with Gasteiger partial charge in [0.15, 0.2) is 5.84 Å². The van der Waals surface area contributed by atoms with Crippen molar-refractivity contribution in [2.24, 2.45) is 5.10 Å². The molecule has 0 radical (unpaired) electrons. The van der Waals surface area contributed by atoms with Gasteiger partial charge in [0, 0.05) is 19.0 Å². The van der Waals surface area contributed by atoms with Crippen molar-refractivity contribution >= 4 is 28.7 Å². The van der Waals surface area contributed by atoms with E-state index in [1.165, 1.54) is 13.1 Å². The van der Waals surface area contributed by atoms with Gasteiger partial charge in [-0.25, -0.2) is 4.39 Å². The predicted octanol–water partition coefficient (Wildman–Crippen LogP) is 3.16. The van der Waals surface area contributed by atoms with Crippen LogP contribution >= 0.6 is 0 Å². The van der Waals surface area contributed by atoms with E-state index in [9.17, 15) is 27.9 Å². The van der Waals surface area contributed by atoms with E-state index < -0.39 is 36.3 Å². The number of alkyl halides is 3. The van der Waals surface area contributed by atoms with Gasteiger partial charge in [-0.1, -0.05) is 18.2 Å². The van der Waals surface area contributed by atoms with Crippen LogP contribution in [0.5, 0.6) is 0 Å². The lowest BCUT2D eigenvalue weighted by Crippen LogP contribution is -2.34. The van der Waals surface area contributed by atoms with Gasteiger partial charge < -0.3 is 5.11 Å². The number of fused-ring (bicyclic) bond motifs is 1. The third kappa shape index (κ3) is 5.48. The van der Waals surface area contributed by atoms with Gasteiger partial charge in [0.2, 0.25) is 6.41 Å². The molecule has 0 unspecified atom stereocenters. The second kappa shape index (κ2) is 10.2. The van der Waals surface area contributed by atoms with Crippen LogP contribution in [0.2, 0.25) is 0 Å². The van der Waals surface area contributed by atoms with Gasteiger partial charge in [0.05, 0.1) is 28.9 Å². The summed E-state index contributed by atoms with van der Waals surface area (Å²) in [7, 11) is 1.30. The zero-order chi connectivity index (χ0) is 25.9. The molecule has 0 atom stereocenters. The van der Waals surface area contributed by atoms with E-state index in [0.29, 0.717) is 12.0 Å². The van der Waals surface area contributed by atoms with E-state index >= 15 is 4.39 Å². The summed E-state index contributed by atoms with van der Waals surface area (Å²) in [6.07, 6.45) is -5.68. The Hall–Kier alpha value is -3.80. The molecule has 8 nitrogen and oxygen atoms in total. The van der Waals surface area contributed by atoms with Crippen LogP contribution in [0.25, 0.3) is 16.5 Å². The molecular weight excluding hydrogens is 470 g/mol. The quantitative estimate of drug-likeness (QED) is 0.180. The second-order valence-corrected chi connectivity index (χ2v) is 7.68. The number of halogens is 4. The number of hydrazone groups is 1. The Balaban J connectivity index is 2.28. The lowest BCUT2D eigenvalue weighted by Gasteiger charge is -2.21. The molecule has 1 amide bonds. The average Bonchev–Trinajstić information content (AvgIpc) is 2.80. The fourth-order valence-electron chi connectivity index (χ4n) is 3.57. The third-order valence-electron chi connectivity index (χ3n) is 5.31. The maximum absolute atomic E-state index is 15.1. The molecule has 0 aliphatic carbocycles. The van der Waals surface area contributed by atoms with Crippen molar-refractivity contribution in [2.45, 2.75) is 26.4 Å². The Kier molecular flexibility index (Phi) is 7.54. The molecule has 0 fully saturated rings. The number of hydrogen-bond donors (Lipinski definition) is 1. The molecule has 0 aliphatic heterocycles. The molecule has 0 aliphatic rings. The summed E-state index contributed by atoms with van der Waals surface area (Å²) in [5.74, 6) is -1.04. The number of likely N-dealkylation sites (N-methyl/N-ethyl adjacent to an activating group) is 1. The van der Waals surface area contributed by atoms with Crippen LogP contribution in [0.15, 0.2) is 46.3 Å². The highest BCUT2D eigenvalue weighted by Crippen LogP contribution is 2.30. The predicted molar refractivity (Wildman–Crippen MR) is 123 cm³/mol. The summed E-state index contributed by atoms with van der Waals surface area (Å²) in [5.41, 5.74) is -0.665. The molecule has 12 heteroatoms. The number of aromatic nitrogens is 2. The minimum atomic E-state index is -4.65. The minimum absolute atomic E-state index is 0.104. The van der Waals surface area contributed by atoms with Gasteiger partial charge in [-0.2, -0.15) is 28.1 Å². The van der Waals surface area contributed by atoms with Crippen LogP contribution in [-0.2, 0) is 11.2 Å². The maximum Gasteiger partial charge on any atom is 0.394 e. The summed E-state index contributed by atoms with van der Waals surface area (Å²) in [5, 5.41) is 18.0. The van der Waals surface area contributed by atoms with Crippen LogP contribution in [-0.4, -0.2) is 58.4 Å². The van der Waals surface area contributed by atoms with E-state index in [1.807, 2.05) is 0 Å². The summed E-state index contributed by atoms with van der Waals surface area (Å²) < 4.78 is 56.2. The van der Waals surface area contributed by atoms with Gasteiger partial charge in [0.25, 0.3) is 5.56 Å². The molecule has 0 saturated heterocycles. The Labute approximate surface area is 197 Å². The van der Waals surface area contributed by atoms with Crippen LogP contribution in [0.3, 0.4) is 0 Å². The monoisotopic (exact) mass is 493 g/mol. The van der Waals surface area contributed by atoms with E-state index in [-0.39, 0.29) is 34.5 Å². The molecular formula is C23H23F4N5O3. The van der Waals surface area contributed by atoms with Crippen molar-refractivity contribution in [3.63, 3.8) is 0 Å². The van der Waals surface area contributed by atoms with E-state index in [4.69, 9.17) is 0 Å².